The van der Waals surface area contributed by atoms with Gasteiger partial charge in [-0.15, -0.1) is 0 Å². The molecule has 1 amide bonds. The van der Waals surface area contributed by atoms with Crippen LogP contribution in [0.25, 0.3) is 0 Å². The topological polar surface area (TPSA) is 75.6 Å². The van der Waals surface area contributed by atoms with Gasteiger partial charge in [-0.1, -0.05) is 0 Å². The zero-order valence-corrected chi connectivity index (χ0v) is 12.9. The number of hydrogen-bond donors (Lipinski definition) is 2. The van der Waals surface area contributed by atoms with E-state index in [1.807, 2.05) is 6.26 Å². The van der Waals surface area contributed by atoms with Gasteiger partial charge in [-0.2, -0.15) is 11.8 Å². The average molecular weight is 311 g/mol. The van der Waals surface area contributed by atoms with Crippen LogP contribution in [0, 0.1) is 0 Å². The van der Waals surface area contributed by atoms with Crippen molar-refractivity contribution in [1.29, 1.82) is 0 Å². The van der Waals surface area contributed by atoms with E-state index in [0.717, 1.165) is 17.9 Å². The number of anilines is 1. The van der Waals surface area contributed by atoms with E-state index in [-0.39, 0.29) is 12.3 Å². The largest absolute Gasteiger partial charge is 0.494 e. The van der Waals surface area contributed by atoms with Crippen molar-refractivity contribution < 1.29 is 19.4 Å². The third-order valence-electron chi connectivity index (χ3n) is 2.69. The van der Waals surface area contributed by atoms with Crippen LogP contribution in [0.2, 0.25) is 0 Å². The number of nitrogens with one attached hydrogen (secondary N) is 1. The van der Waals surface area contributed by atoms with Crippen molar-refractivity contribution in [3.05, 3.63) is 24.3 Å². The first-order valence-corrected chi connectivity index (χ1v) is 8.24. The van der Waals surface area contributed by atoms with Crippen molar-refractivity contribution in [2.24, 2.45) is 0 Å². The molecular formula is C15H21NO4S. The van der Waals surface area contributed by atoms with Crippen LogP contribution >= 0.6 is 11.8 Å². The maximum atomic E-state index is 11.6. The molecule has 0 radical (unpaired) electrons. The lowest BCUT2D eigenvalue weighted by Gasteiger charge is -2.08. The third-order valence-corrected chi connectivity index (χ3v) is 3.39. The lowest BCUT2D eigenvalue weighted by atomic mass is 10.2. The van der Waals surface area contributed by atoms with Crippen molar-refractivity contribution in [3.63, 3.8) is 0 Å². The van der Waals surface area contributed by atoms with E-state index in [1.165, 1.54) is 0 Å². The summed E-state index contributed by atoms with van der Waals surface area (Å²) in [5.74, 6) is 0.842. The minimum Gasteiger partial charge on any atom is -0.494 e. The second-order valence-corrected chi connectivity index (χ2v) is 5.50. The minimum atomic E-state index is -0.821. The molecule has 1 aromatic carbocycles. The molecule has 0 unspecified atom stereocenters. The van der Waals surface area contributed by atoms with E-state index in [2.05, 4.69) is 5.32 Å². The highest BCUT2D eigenvalue weighted by Crippen LogP contribution is 2.16. The first-order valence-electron chi connectivity index (χ1n) is 6.85. The first-order chi connectivity index (χ1) is 10.1. The summed E-state index contributed by atoms with van der Waals surface area (Å²) in [4.78, 5) is 22.0. The summed E-state index contributed by atoms with van der Waals surface area (Å²) in [6.45, 7) is 0.368. The van der Waals surface area contributed by atoms with Gasteiger partial charge in [-0.05, 0) is 49.1 Å². The fraction of sp³-hybridized carbons (Fsp3) is 0.467. The van der Waals surface area contributed by atoms with Gasteiger partial charge < -0.3 is 15.2 Å². The Morgan fingerprint density at radius 3 is 2.52 bits per heavy atom. The number of aliphatic carboxylic acids is 1. The predicted octanol–water partition coefficient (Wildman–Crippen LogP) is 3.01. The molecule has 1 rings (SSSR count). The van der Waals surface area contributed by atoms with E-state index in [9.17, 15) is 9.59 Å². The van der Waals surface area contributed by atoms with Gasteiger partial charge in [0.25, 0.3) is 0 Å². The molecule has 5 nitrogen and oxygen atoms in total. The SMILES string of the molecule is CSCCCC(=O)Nc1ccc(OCCCC(=O)O)cc1. The number of amides is 1. The van der Waals surface area contributed by atoms with E-state index in [0.29, 0.717) is 25.2 Å². The molecule has 0 fully saturated rings. The van der Waals surface area contributed by atoms with Gasteiger partial charge in [0.15, 0.2) is 0 Å². The summed E-state index contributed by atoms with van der Waals surface area (Å²) in [5, 5.41) is 11.3. The normalized spacial score (nSPS) is 10.1. The first kappa shape index (κ1) is 17.4. The molecule has 0 spiro atoms. The highest BCUT2D eigenvalue weighted by atomic mass is 32.2. The van der Waals surface area contributed by atoms with E-state index in [1.54, 1.807) is 36.0 Å². The van der Waals surface area contributed by atoms with Crippen LogP contribution in [0.15, 0.2) is 24.3 Å². The third kappa shape index (κ3) is 8.24. The molecule has 0 aromatic heterocycles. The van der Waals surface area contributed by atoms with Crippen molar-refractivity contribution in [2.75, 3.05) is 23.9 Å². The van der Waals surface area contributed by atoms with Crippen molar-refractivity contribution in [3.8, 4) is 5.75 Å². The van der Waals surface area contributed by atoms with Gasteiger partial charge in [0.2, 0.25) is 5.91 Å². The van der Waals surface area contributed by atoms with Gasteiger partial charge in [-0.3, -0.25) is 9.59 Å². The van der Waals surface area contributed by atoms with E-state index < -0.39 is 5.97 Å². The number of benzene rings is 1. The Kier molecular flexibility index (Phi) is 8.35. The maximum Gasteiger partial charge on any atom is 0.303 e. The molecule has 0 heterocycles. The summed E-state index contributed by atoms with van der Waals surface area (Å²) in [6, 6.07) is 7.08. The highest BCUT2D eigenvalue weighted by molar-refractivity contribution is 7.98. The van der Waals surface area contributed by atoms with Crippen molar-refractivity contribution in [1.82, 2.24) is 0 Å². The molecule has 0 aliphatic rings. The second kappa shape index (κ2) is 10.1. The summed E-state index contributed by atoms with van der Waals surface area (Å²) < 4.78 is 5.42. The molecule has 116 valence electrons. The average Bonchev–Trinajstić information content (AvgIpc) is 2.45. The molecule has 1 aromatic rings. The molecule has 21 heavy (non-hydrogen) atoms. The Bertz CT molecular complexity index is 447. The number of carboxylic acids is 1. The van der Waals surface area contributed by atoms with E-state index in [4.69, 9.17) is 9.84 Å². The second-order valence-electron chi connectivity index (χ2n) is 4.51. The monoisotopic (exact) mass is 311 g/mol. The van der Waals surface area contributed by atoms with Gasteiger partial charge in [-0.25, -0.2) is 0 Å². The Morgan fingerprint density at radius 1 is 1.19 bits per heavy atom. The molecular weight excluding hydrogens is 290 g/mol. The number of carbonyl (C=O) groups is 2. The molecule has 0 atom stereocenters. The minimum absolute atomic E-state index is 0.0131. The van der Waals surface area contributed by atoms with Crippen LogP contribution in [-0.4, -0.2) is 35.6 Å². The molecule has 0 bridgehead atoms. The number of carbonyl (C=O) groups excluding carboxylic acids is 1. The predicted molar refractivity (Wildman–Crippen MR) is 85.1 cm³/mol. The Labute approximate surface area is 129 Å². The summed E-state index contributed by atoms with van der Waals surface area (Å²) in [6.07, 6.45) is 3.99. The van der Waals surface area contributed by atoms with Crippen molar-refractivity contribution in [2.45, 2.75) is 25.7 Å². The van der Waals surface area contributed by atoms with Crippen LogP contribution < -0.4 is 10.1 Å². The van der Waals surface area contributed by atoms with Crippen LogP contribution in [-0.2, 0) is 9.59 Å². The van der Waals surface area contributed by atoms with Crippen LogP contribution in [0.5, 0.6) is 5.75 Å². The summed E-state index contributed by atoms with van der Waals surface area (Å²) in [5.41, 5.74) is 0.738. The van der Waals surface area contributed by atoms with Crippen LogP contribution in [0.1, 0.15) is 25.7 Å². The molecule has 0 saturated carbocycles. The summed E-state index contributed by atoms with van der Waals surface area (Å²) >= 11 is 1.73. The lowest BCUT2D eigenvalue weighted by molar-refractivity contribution is -0.137. The lowest BCUT2D eigenvalue weighted by Crippen LogP contribution is -2.11. The Balaban J connectivity index is 2.29. The number of rotatable bonds is 10. The zero-order chi connectivity index (χ0) is 15.5. The molecule has 0 saturated heterocycles. The fourth-order valence-electron chi connectivity index (χ4n) is 1.65. The zero-order valence-electron chi connectivity index (χ0n) is 12.1. The standard InChI is InChI=1S/C15H21NO4S/c1-21-11-3-4-14(17)16-12-6-8-13(9-7-12)20-10-2-5-15(18)19/h6-9H,2-5,10-11H2,1H3,(H,16,17)(H,18,19). The van der Waals surface area contributed by atoms with Crippen LogP contribution in [0.3, 0.4) is 0 Å². The van der Waals surface area contributed by atoms with Crippen LogP contribution in [0.4, 0.5) is 5.69 Å². The number of carboxylic acid groups (broad SMARTS) is 1. The maximum absolute atomic E-state index is 11.6. The van der Waals surface area contributed by atoms with Gasteiger partial charge in [0.05, 0.1) is 6.61 Å². The highest BCUT2D eigenvalue weighted by Gasteiger charge is 2.03. The summed E-state index contributed by atoms with van der Waals surface area (Å²) in [7, 11) is 0. The van der Waals surface area contributed by atoms with E-state index >= 15 is 0 Å². The van der Waals surface area contributed by atoms with Gasteiger partial charge in [0, 0.05) is 18.5 Å². The smallest absolute Gasteiger partial charge is 0.303 e. The van der Waals surface area contributed by atoms with Crippen molar-refractivity contribution >= 4 is 29.3 Å². The number of hydrogen-bond acceptors (Lipinski definition) is 4. The fourth-order valence-corrected chi connectivity index (χ4v) is 2.08. The molecule has 6 heteroatoms. The molecule has 0 aliphatic carbocycles. The number of ether oxygens (including phenoxy) is 1. The molecule has 2 N–H and O–H groups in total. The Morgan fingerprint density at radius 2 is 1.90 bits per heavy atom. The Hall–Kier alpha value is -1.69. The number of thioether (sulfide) groups is 1. The quantitative estimate of drug-likeness (QED) is 0.650. The van der Waals surface area contributed by atoms with Gasteiger partial charge in [0.1, 0.15) is 5.75 Å². The molecule has 0 aliphatic heterocycles. The van der Waals surface area contributed by atoms with Gasteiger partial charge >= 0.3 is 5.97 Å².